The summed E-state index contributed by atoms with van der Waals surface area (Å²) in [4.78, 5) is 14.0. The lowest BCUT2D eigenvalue weighted by Gasteiger charge is -2.17. The van der Waals surface area contributed by atoms with Gasteiger partial charge in [-0.15, -0.1) is 0 Å². The number of amides is 1. The van der Waals surface area contributed by atoms with E-state index in [1.54, 1.807) is 4.90 Å². The first-order valence-corrected chi connectivity index (χ1v) is 7.41. The molecule has 1 unspecified atom stereocenters. The van der Waals surface area contributed by atoms with Crippen LogP contribution < -0.4 is 0 Å². The van der Waals surface area contributed by atoms with Crippen LogP contribution >= 0.6 is 0 Å². The average Bonchev–Trinajstić information content (AvgIpc) is 3.03. The minimum absolute atomic E-state index is 0.0922. The van der Waals surface area contributed by atoms with E-state index >= 15 is 0 Å². The van der Waals surface area contributed by atoms with Gasteiger partial charge in [0.15, 0.2) is 11.6 Å². The monoisotopic (exact) mass is 301 g/mol. The van der Waals surface area contributed by atoms with Gasteiger partial charge in [-0.1, -0.05) is 42.5 Å². The second-order valence-electron chi connectivity index (χ2n) is 5.63. The second-order valence-corrected chi connectivity index (χ2v) is 5.63. The largest absolute Gasteiger partial charge is 0.342 e. The predicted molar refractivity (Wildman–Crippen MR) is 80.4 cm³/mol. The molecule has 3 rings (SSSR count). The molecule has 1 heterocycles. The first kappa shape index (κ1) is 14.7. The van der Waals surface area contributed by atoms with Crippen LogP contribution in [-0.2, 0) is 11.2 Å². The summed E-state index contributed by atoms with van der Waals surface area (Å²) in [5.74, 6) is -1.66. The molecule has 0 saturated carbocycles. The van der Waals surface area contributed by atoms with Crippen LogP contribution in [-0.4, -0.2) is 23.9 Å². The number of carbonyl (C=O) groups excluding carboxylic acids is 1. The minimum Gasteiger partial charge on any atom is -0.342 e. The lowest BCUT2D eigenvalue weighted by Crippen LogP contribution is -2.30. The summed E-state index contributed by atoms with van der Waals surface area (Å²) in [7, 11) is 0. The Balaban J connectivity index is 1.66. The van der Waals surface area contributed by atoms with Gasteiger partial charge in [0.05, 0.1) is 6.42 Å². The van der Waals surface area contributed by atoms with Crippen molar-refractivity contribution in [3.05, 3.63) is 71.3 Å². The highest BCUT2D eigenvalue weighted by atomic mass is 19.2. The molecule has 1 aliphatic heterocycles. The molecule has 0 aromatic heterocycles. The van der Waals surface area contributed by atoms with Gasteiger partial charge in [-0.25, -0.2) is 8.78 Å². The molecule has 1 fully saturated rings. The molecule has 2 aromatic carbocycles. The van der Waals surface area contributed by atoms with Crippen LogP contribution in [0.3, 0.4) is 0 Å². The lowest BCUT2D eigenvalue weighted by molar-refractivity contribution is -0.129. The second kappa shape index (κ2) is 6.26. The first-order valence-electron chi connectivity index (χ1n) is 7.41. The molecule has 114 valence electrons. The van der Waals surface area contributed by atoms with Gasteiger partial charge in [-0.2, -0.15) is 0 Å². The molecule has 0 radical (unpaired) electrons. The van der Waals surface area contributed by atoms with E-state index in [4.69, 9.17) is 0 Å². The number of hydrogen-bond acceptors (Lipinski definition) is 1. The van der Waals surface area contributed by atoms with Crippen LogP contribution in [0.25, 0.3) is 0 Å². The number of rotatable bonds is 3. The van der Waals surface area contributed by atoms with Crippen molar-refractivity contribution in [3.8, 4) is 0 Å². The fourth-order valence-electron chi connectivity index (χ4n) is 2.94. The van der Waals surface area contributed by atoms with E-state index in [0.29, 0.717) is 19.0 Å². The summed E-state index contributed by atoms with van der Waals surface area (Å²) in [5.41, 5.74) is 1.34. The Labute approximate surface area is 128 Å². The highest BCUT2D eigenvalue weighted by molar-refractivity contribution is 5.79. The normalized spacial score (nSPS) is 17.7. The Bertz CT molecular complexity index is 672. The van der Waals surface area contributed by atoms with Crippen molar-refractivity contribution >= 4 is 5.91 Å². The van der Waals surface area contributed by atoms with Gasteiger partial charge >= 0.3 is 0 Å². The molecule has 0 aliphatic carbocycles. The van der Waals surface area contributed by atoms with Crippen molar-refractivity contribution in [2.75, 3.05) is 13.1 Å². The molecule has 2 aromatic rings. The molecular weight excluding hydrogens is 284 g/mol. The third-order valence-corrected chi connectivity index (χ3v) is 4.19. The van der Waals surface area contributed by atoms with Gasteiger partial charge in [0, 0.05) is 24.6 Å². The summed E-state index contributed by atoms with van der Waals surface area (Å²) in [5, 5.41) is 0. The van der Waals surface area contributed by atoms with Gasteiger partial charge < -0.3 is 4.90 Å². The molecule has 0 spiro atoms. The van der Waals surface area contributed by atoms with Crippen molar-refractivity contribution in [2.24, 2.45) is 0 Å². The van der Waals surface area contributed by atoms with Crippen molar-refractivity contribution in [1.82, 2.24) is 4.90 Å². The molecular formula is C18H17F2NO. The first-order chi connectivity index (χ1) is 10.6. The Morgan fingerprint density at radius 1 is 1.09 bits per heavy atom. The van der Waals surface area contributed by atoms with E-state index in [1.165, 1.54) is 17.7 Å². The van der Waals surface area contributed by atoms with Gasteiger partial charge in [-0.05, 0) is 18.1 Å². The Kier molecular flexibility index (Phi) is 4.18. The van der Waals surface area contributed by atoms with Crippen LogP contribution in [0.15, 0.2) is 48.5 Å². The number of likely N-dealkylation sites (tertiary alicyclic amines) is 1. The summed E-state index contributed by atoms with van der Waals surface area (Å²) in [6.45, 7) is 1.30. The molecule has 1 atom stereocenters. The zero-order valence-electron chi connectivity index (χ0n) is 12.1. The highest BCUT2D eigenvalue weighted by Crippen LogP contribution is 2.27. The number of hydrogen-bond donors (Lipinski definition) is 0. The molecule has 0 bridgehead atoms. The summed E-state index contributed by atoms with van der Waals surface area (Å²) in [6, 6.07) is 14.0. The summed E-state index contributed by atoms with van der Waals surface area (Å²) >= 11 is 0. The van der Waals surface area contributed by atoms with E-state index in [2.05, 4.69) is 12.1 Å². The van der Waals surface area contributed by atoms with Gasteiger partial charge in [-0.3, -0.25) is 4.79 Å². The molecule has 0 N–H and O–H groups in total. The van der Waals surface area contributed by atoms with Crippen molar-refractivity contribution < 1.29 is 13.6 Å². The molecule has 1 aliphatic rings. The van der Waals surface area contributed by atoms with Crippen LogP contribution in [0, 0.1) is 11.6 Å². The van der Waals surface area contributed by atoms with Crippen molar-refractivity contribution in [3.63, 3.8) is 0 Å². The molecule has 4 heteroatoms. The Morgan fingerprint density at radius 3 is 2.64 bits per heavy atom. The number of carbonyl (C=O) groups is 1. The smallest absolute Gasteiger partial charge is 0.227 e. The van der Waals surface area contributed by atoms with E-state index in [9.17, 15) is 13.6 Å². The van der Waals surface area contributed by atoms with E-state index in [-0.39, 0.29) is 17.9 Å². The average molecular weight is 301 g/mol. The fourth-order valence-corrected chi connectivity index (χ4v) is 2.94. The number of nitrogens with zero attached hydrogens (tertiary/aromatic N) is 1. The van der Waals surface area contributed by atoms with Crippen LogP contribution in [0.5, 0.6) is 0 Å². The van der Waals surface area contributed by atoms with Gasteiger partial charge in [0.25, 0.3) is 0 Å². The van der Waals surface area contributed by atoms with E-state index < -0.39 is 11.6 Å². The zero-order valence-corrected chi connectivity index (χ0v) is 12.1. The molecule has 1 saturated heterocycles. The third kappa shape index (κ3) is 3.01. The van der Waals surface area contributed by atoms with E-state index in [1.807, 2.05) is 18.2 Å². The summed E-state index contributed by atoms with van der Waals surface area (Å²) < 4.78 is 26.8. The SMILES string of the molecule is O=C(Cc1cccc(F)c1F)N1CCC(c2ccccc2)C1. The van der Waals surface area contributed by atoms with Gasteiger partial charge in [0.2, 0.25) is 5.91 Å². The highest BCUT2D eigenvalue weighted by Gasteiger charge is 2.27. The minimum atomic E-state index is -0.922. The third-order valence-electron chi connectivity index (χ3n) is 4.19. The standard InChI is InChI=1S/C18H17F2NO/c19-16-8-4-7-14(18(16)20)11-17(22)21-10-9-15(12-21)13-5-2-1-3-6-13/h1-8,15H,9-12H2. The maximum absolute atomic E-state index is 13.6. The number of benzene rings is 2. The van der Waals surface area contributed by atoms with Crippen molar-refractivity contribution in [2.45, 2.75) is 18.8 Å². The predicted octanol–water partition coefficient (Wildman–Crippen LogP) is 3.52. The summed E-state index contributed by atoms with van der Waals surface area (Å²) in [6.07, 6.45) is 0.812. The molecule has 22 heavy (non-hydrogen) atoms. The Hall–Kier alpha value is -2.23. The lowest BCUT2D eigenvalue weighted by atomic mass is 9.99. The molecule has 2 nitrogen and oxygen atoms in total. The maximum atomic E-state index is 13.6. The van der Waals surface area contributed by atoms with Gasteiger partial charge in [0.1, 0.15) is 0 Å². The fraction of sp³-hybridized carbons (Fsp3) is 0.278. The van der Waals surface area contributed by atoms with E-state index in [0.717, 1.165) is 12.5 Å². The topological polar surface area (TPSA) is 20.3 Å². The van der Waals surface area contributed by atoms with Crippen molar-refractivity contribution in [1.29, 1.82) is 0 Å². The maximum Gasteiger partial charge on any atom is 0.227 e. The quantitative estimate of drug-likeness (QED) is 0.849. The Morgan fingerprint density at radius 2 is 1.86 bits per heavy atom. The molecule has 1 amide bonds. The van der Waals surface area contributed by atoms with Crippen LogP contribution in [0.2, 0.25) is 0 Å². The zero-order chi connectivity index (χ0) is 15.5. The van der Waals surface area contributed by atoms with Crippen LogP contribution in [0.4, 0.5) is 8.78 Å². The van der Waals surface area contributed by atoms with Crippen LogP contribution in [0.1, 0.15) is 23.5 Å². The number of halogens is 2.